The van der Waals surface area contributed by atoms with E-state index in [-0.39, 0.29) is 0 Å². The van der Waals surface area contributed by atoms with Crippen molar-refractivity contribution in [3.05, 3.63) is 83.6 Å². The first-order valence-corrected chi connectivity index (χ1v) is 10.6. The fraction of sp³-hybridized carbons (Fsp3) is 0.308. The average Bonchev–Trinajstić information content (AvgIpc) is 3.17. The second kappa shape index (κ2) is 8.31. The first kappa shape index (κ1) is 20.1. The Morgan fingerprint density at radius 2 is 1.73 bits per heavy atom. The number of anilines is 1. The number of nitrogens with one attached hydrogen (secondary N) is 1. The molecule has 0 saturated heterocycles. The van der Waals surface area contributed by atoms with Gasteiger partial charge >= 0.3 is 5.97 Å². The molecular formula is C26H28N2O2. The predicted octanol–water partition coefficient (Wildman–Crippen LogP) is 6.17. The Hall–Kier alpha value is -3.14. The summed E-state index contributed by atoms with van der Waals surface area (Å²) in [7, 11) is 0. The Balaban J connectivity index is 1.52. The van der Waals surface area contributed by atoms with Crippen LogP contribution in [-0.2, 0) is 10.2 Å². The van der Waals surface area contributed by atoms with E-state index in [2.05, 4.69) is 18.8 Å². The molecule has 4 rings (SSSR count). The molecule has 0 atom stereocenters. The second-order valence-corrected chi connectivity index (χ2v) is 8.27. The van der Waals surface area contributed by atoms with Crippen LogP contribution in [0, 0.1) is 0 Å². The van der Waals surface area contributed by atoms with Crippen LogP contribution in [0.5, 0.6) is 0 Å². The summed E-state index contributed by atoms with van der Waals surface area (Å²) in [4.78, 5) is 16.6. The molecule has 2 N–H and O–H groups in total. The predicted molar refractivity (Wildman–Crippen MR) is 123 cm³/mol. The third kappa shape index (κ3) is 3.82. The normalized spacial score (nSPS) is 20.5. The molecule has 0 unspecified atom stereocenters. The summed E-state index contributed by atoms with van der Waals surface area (Å²) in [6.07, 6.45) is 5.48. The van der Waals surface area contributed by atoms with E-state index in [1.54, 1.807) is 0 Å². The third-order valence-corrected chi connectivity index (χ3v) is 6.40. The van der Waals surface area contributed by atoms with Crippen LogP contribution in [0.2, 0.25) is 0 Å². The van der Waals surface area contributed by atoms with Gasteiger partial charge in [0.2, 0.25) is 0 Å². The van der Waals surface area contributed by atoms with E-state index in [1.165, 1.54) is 5.57 Å². The summed E-state index contributed by atoms with van der Waals surface area (Å²) in [6.45, 7) is 6.23. The molecule has 4 nitrogen and oxygen atoms in total. The molecule has 0 bridgehead atoms. The molecule has 0 spiro atoms. The number of carboxylic acid groups (broad SMARTS) is 1. The highest BCUT2D eigenvalue weighted by Gasteiger charge is 2.45. The van der Waals surface area contributed by atoms with Gasteiger partial charge in [0, 0.05) is 17.1 Å². The first-order chi connectivity index (χ1) is 14.5. The van der Waals surface area contributed by atoms with Gasteiger partial charge in [0.15, 0.2) is 0 Å². The number of aliphatic imine (C=N–C) groups is 1. The Morgan fingerprint density at radius 3 is 2.33 bits per heavy atom. The standard InChI is InChI=1S/C26H28N2O2/c1-18(20-8-4-3-5-9-20)28-24-11-6-10-23(24)19(2)27-22-14-12-21(13-15-22)26(25(29)30)16-7-17-26/h3-5,8-9,12-15,27H,1,6-7,10-11,16-17H2,2H3,(H,29,30)/b23-19+,28-24?. The molecule has 154 valence electrons. The van der Waals surface area contributed by atoms with Crippen LogP contribution in [0.15, 0.2) is 77.4 Å². The zero-order valence-electron chi connectivity index (χ0n) is 17.4. The van der Waals surface area contributed by atoms with Crippen molar-refractivity contribution in [3.8, 4) is 0 Å². The summed E-state index contributed by atoms with van der Waals surface area (Å²) < 4.78 is 0. The lowest BCUT2D eigenvalue weighted by Crippen LogP contribution is -2.42. The molecule has 2 aromatic rings. The average molecular weight is 401 g/mol. The number of rotatable bonds is 6. The van der Waals surface area contributed by atoms with Crippen molar-refractivity contribution in [2.24, 2.45) is 4.99 Å². The molecule has 2 aliphatic rings. The van der Waals surface area contributed by atoms with Crippen molar-refractivity contribution in [2.45, 2.75) is 50.9 Å². The van der Waals surface area contributed by atoms with E-state index in [0.717, 1.165) is 72.4 Å². The molecule has 0 aliphatic heterocycles. The van der Waals surface area contributed by atoms with Crippen molar-refractivity contribution in [1.82, 2.24) is 0 Å². The van der Waals surface area contributed by atoms with Crippen molar-refractivity contribution in [3.63, 3.8) is 0 Å². The fourth-order valence-corrected chi connectivity index (χ4v) is 4.43. The van der Waals surface area contributed by atoms with Crippen molar-refractivity contribution in [1.29, 1.82) is 0 Å². The number of hydrogen-bond donors (Lipinski definition) is 2. The number of nitrogens with zero attached hydrogens (tertiary/aromatic N) is 1. The van der Waals surface area contributed by atoms with E-state index in [4.69, 9.17) is 4.99 Å². The molecule has 0 amide bonds. The van der Waals surface area contributed by atoms with Gasteiger partial charge in [-0.2, -0.15) is 0 Å². The van der Waals surface area contributed by atoms with Gasteiger partial charge in [-0.25, -0.2) is 0 Å². The van der Waals surface area contributed by atoms with Crippen LogP contribution in [-0.4, -0.2) is 16.8 Å². The van der Waals surface area contributed by atoms with Crippen molar-refractivity contribution >= 4 is 23.1 Å². The zero-order chi connectivity index (χ0) is 21.1. The first-order valence-electron chi connectivity index (χ1n) is 10.6. The highest BCUT2D eigenvalue weighted by Crippen LogP contribution is 2.44. The van der Waals surface area contributed by atoms with Gasteiger partial charge in [-0.05, 0) is 67.9 Å². The summed E-state index contributed by atoms with van der Waals surface area (Å²) in [5, 5.41) is 13.1. The van der Waals surface area contributed by atoms with Crippen molar-refractivity contribution < 1.29 is 9.90 Å². The Bertz CT molecular complexity index is 1010. The van der Waals surface area contributed by atoms with Crippen LogP contribution in [0.3, 0.4) is 0 Å². The van der Waals surface area contributed by atoms with E-state index >= 15 is 0 Å². The topological polar surface area (TPSA) is 61.7 Å². The highest BCUT2D eigenvalue weighted by molar-refractivity contribution is 6.05. The van der Waals surface area contributed by atoms with Gasteiger partial charge in [-0.3, -0.25) is 9.79 Å². The van der Waals surface area contributed by atoms with E-state index in [9.17, 15) is 9.90 Å². The monoisotopic (exact) mass is 400 g/mol. The van der Waals surface area contributed by atoms with Crippen molar-refractivity contribution in [2.75, 3.05) is 5.32 Å². The summed E-state index contributed by atoms with van der Waals surface area (Å²) in [6, 6.07) is 17.9. The molecule has 4 heteroatoms. The number of aliphatic carboxylic acids is 1. The molecule has 0 radical (unpaired) electrons. The summed E-state index contributed by atoms with van der Waals surface area (Å²) >= 11 is 0. The molecule has 2 saturated carbocycles. The zero-order valence-corrected chi connectivity index (χ0v) is 17.4. The van der Waals surface area contributed by atoms with Gasteiger partial charge in [0.1, 0.15) is 0 Å². The maximum atomic E-state index is 11.7. The van der Waals surface area contributed by atoms with E-state index < -0.39 is 11.4 Å². The van der Waals surface area contributed by atoms with Gasteiger partial charge in [0.25, 0.3) is 0 Å². The lowest BCUT2D eigenvalue weighted by Gasteiger charge is -2.38. The van der Waals surface area contributed by atoms with Crippen LogP contribution >= 0.6 is 0 Å². The maximum absolute atomic E-state index is 11.7. The largest absolute Gasteiger partial charge is 0.481 e. The Morgan fingerprint density at radius 1 is 1.03 bits per heavy atom. The maximum Gasteiger partial charge on any atom is 0.314 e. The Labute approximate surface area is 178 Å². The highest BCUT2D eigenvalue weighted by atomic mass is 16.4. The van der Waals surface area contributed by atoms with E-state index in [1.807, 2.05) is 54.6 Å². The number of carbonyl (C=O) groups is 1. The molecule has 2 aromatic carbocycles. The molecule has 2 aliphatic carbocycles. The van der Waals surface area contributed by atoms with E-state index in [0.29, 0.717) is 0 Å². The summed E-state index contributed by atoms with van der Waals surface area (Å²) in [5.41, 5.74) is 6.46. The summed E-state index contributed by atoms with van der Waals surface area (Å²) in [5.74, 6) is -0.710. The minimum absolute atomic E-state index is 0.685. The lowest BCUT2D eigenvalue weighted by atomic mass is 9.64. The number of allylic oxidation sites excluding steroid dienone is 2. The van der Waals surface area contributed by atoms with Crippen LogP contribution < -0.4 is 5.32 Å². The third-order valence-electron chi connectivity index (χ3n) is 6.40. The van der Waals surface area contributed by atoms with Gasteiger partial charge in [0.05, 0.1) is 11.1 Å². The number of benzene rings is 2. The van der Waals surface area contributed by atoms with Gasteiger partial charge in [-0.1, -0.05) is 55.5 Å². The van der Waals surface area contributed by atoms with Crippen LogP contribution in [0.1, 0.15) is 56.6 Å². The van der Waals surface area contributed by atoms with Crippen LogP contribution in [0.4, 0.5) is 5.69 Å². The lowest BCUT2D eigenvalue weighted by molar-refractivity contribution is -0.147. The second-order valence-electron chi connectivity index (χ2n) is 8.27. The minimum atomic E-state index is -0.710. The fourth-order valence-electron chi connectivity index (χ4n) is 4.43. The van der Waals surface area contributed by atoms with Gasteiger partial charge in [-0.15, -0.1) is 0 Å². The molecule has 0 heterocycles. The Kier molecular flexibility index (Phi) is 5.58. The molecular weight excluding hydrogens is 372 g/mol. The minimum Gasteiger partial charge on any atom is -0.481 e. The SMILES string of the molecule is C=C(N=C1CCC/C1=C(/C)Nc1ccc(C2(C(=O)O)CCC2)cc1)c1ccccc1. The molecule has 0 aromatic heterocycles. The number of hydrogen-bond acceptors (Lipinski definition) is 3. The quantitative estimate of drug-likeness (QED) is 0.609. The van der Waals surface area contributed by atoms with Crippen LogP contribution in [0.25, 0.3) is 5.70 Å². The smallest absolute Gasteiger partial charge is 0.314 e. The van der Waals surface area contributed by atoms with Gasteiger partial charge < -0.3 is 10.4 Å². The molecule has 2 fully saturated rings. The number of carboxylic acids is 1. The molecule has 30 heavy (non-hydrogen) atoms.